The van der Waals surface area contributed by atoms with Crippen LogP contribution >= 0.6 is 0 Å². The van der Waals surface area contributed by atoms with Crippen molar-refractivity contribution in [3.63, 3.8) is 0 Å². The number of nitro groups is 1. The van der Waals surface area contributed by atoms with Crippen LogP contribution in [0.2, 0.25) is 0 Å². The van der Waals surface area contributed by atoms with E-state index in [1.165, 1.54) is 29.2 Å². The standard InChI is InChI=1S/C27H34N4O7/c1-27(2,3)29-25(34)22-10-7-15-30(22)26(35)24(33)21(16-18-8-5-4-6-9-18)28-23(32)17-38-20-13-11-19(12-14-20)31(36)37/h4-6,8-9,11-14,21-22,24,33H,7,10,15-17H2,1-3H3,(H,28,32)(H,29,34)/t21-,22-,24-/m0/s1. The Balaban J connectivity index is 1.70. The first-order chi connectivity index (χ1) is 17.9. The fourth-order valence-electron chi connectivity index (χ4n) is 4.27. The van der Waals surface area contributed by atoms with Gasteiger partial charge in [0, 0.05) is 24.2 Å². The molecule has 2 aromatic carbocycles. The van der Waals surface area contributed by atoms with Gasteiger partial charge in [0.15, 0.2) is 12.7 Å². The molecule has 0 bridgehead atoms. The van der Waals surface area contributed by atoms with Gasteiger partial charge in [0.25, 0.3) is 17.5 Å². The molecule has 1 saturated heterocycles. The molecule has 0 aliphatic carbocycles. The smallest absolute Gasteiger partial charge is 0.269 e. The van der Waals surface area contributed by atoms with Gasteiger partial charge in [0.1, 0.15) is 11.8 Å². The van der Waals surface area contributed by atoms with Crippen LogP contribution < -0.4 is 15.4 Å². The van der Waals surface area contributed by atoms with Crippen molar-refractivity contribution in [1.82, 2.24) is 15.5 Å². The third-order valence-corrected chi connectivity index (χ3v) is 6.03. The van der Waals surface area contributed by atoms with Crippen molar-refractivity contribution in [3.8, 4) is 5.75 Å². The molecule has 3 N–H and O–H groups in total. The molecule has 204 valence electrons. The monoisotopic (exact) mass is 526 g/mol. The van der Waals surface area contributed by atoms with Crippen LogP contribution in [-0.2, 0) is 20.8 Å². The topological polar surface area (TPSA) is 151 Å². The minimum absolute atomic E-state index is 0.109. The summed E-state index contributed by atoms with van der Waals surface area (Å²) in [6.07, 6.45) is -0.316. The Morgan fingerprint density at radius 3 is 2.39 bits per heavy atom. The van der Waals surface area contributed by atoms with Crippen molar-refractivity contribution in [2.45, 2.75) is 63.8 Å². The molecule has 1 aliphatic rings. The minimum atomic E-state index is -1.60. The van der Waals surface area contributed by atoms with Crippen LogP contribution in [0.1, 0.15) is 39.2 Å². The SMILES string of the molecule is CC(C)(C)NC(=O)[C@@H]1CCCN1C(=O)[C@@H](O)[C@H](Cc1ccccc1)NC(=O)COc1ccc([N+](=O)[O-])cc1. The number of ether oxygens (including phenoxy) is 1. The lowest BCUT2D eigenvalue weighted by Crippen LogP contribution is -2.57. The van der Waals surface area contributed by atoms with E-state index in [1.807, 2.05) is 51.1 Å². The Morgan fingerprint density at radius 2 is 1.79 bits per heavy atom. The lowest BCUT2D eigenvalue weighted by atomic mass is 9.99. The first-order valence-electron chi connectivity index (χ1n) is 12.5. The number of nitro benzene ring substituents is 1. The van der Waals surface area contributed by atoms with E-state index in [9.17, 15) is 29.6 Å². The number of rotatable bonds is 10. The lowest BCUT2D eigenvalue weighted by Gasteiger charge is -2.32. The van der Waals surface area contributed by atoms with Crippen LogP contribution in [0.3, 0.4) is 0 Å². The van der Waals surface area contributed by atoms with Gasteiger partial charge in [0.05, 0.1) is 11.0 Å². The zero-order chi connectivity index (χ0) is 27.9. The lowest BCUT2D eigenvalue weighted by molar-refractivity contribution is -0.384. The molecule has 0 spiro atoms. The second kappa shape index (κ2) is 12.5. The van der Waals surface area contributed by atoms with Crippen molar-refractivity contribution in [2.24, 2.45) is 0 Å². The largest absolute Gasteiger partial charge is 0.484 e. The summed E-state index contributed by atoms with van der Waals surface area (Å²) in [7, 11) is 0. The summed E-state index contributed by atoms with van der Waals surface area (Å²) in [5, 5.41) is 27.5. The van der Waals surface area contributed by atoms with Crippen LogP contribution in [0, 0.1) is 10.1 Å². The Hall–Kier alpha value is -3.99. The van der Waals surface area contributed by atoms with E-state index in [0.29, 0.717) is 19.4 Å². The summed E-state index contributed by atoms with van der Waals surface area (Å²) in [5.41, 5.74) is 0.215. The number of amides is 3. The quantitative estimate of drug-likeness (QED) is 0.316. The number of carbonyl (C=O) groups is 3. The van der Waals surface area contributed by atoms with E-state index in [4.69, 9.17) is 4.74 Å². The highest BCUT2D eigenvalue weighted by Gasteiger charge is 2.40. The molecule has 0 radical (unpaired) electrons. The summed E-state index contributed by atoms with van der Waals surface area (Å²) in [5.74, 6) is -1.24. The van der Waals surface area contributed by atoms with Crippen LogP contribution in [0.5, 0.6) is 5.75 Å². The summed E-state index contributed by atoms with van der Waals surface area (Å²) in [4.78, 5) is 50.5. The molecular weight excluding hydrogens is 492 g/mol. The van der Waals surface area contributed by atoms with Gasteiger partial charge in [-0.25, -0.2) is 0 Å². The highest BCUT2D eigenvalue weighted by Crippen LogP contribution is 2.21. The third kappa shape index (κ3) is 8.01. The first-order valence-corrected chi connectivity index (χ1v) is 12.5. The second-order valence-corrected chi connectivity index (χ2v) is 10.3. The summed E-state index contributed by atoms with van der Waals surface area (Å²) < 4.78 is 5.42. The van der Waals surface area contributed by atoms with E-state index in [-0.39, 0.29) is 23.8 Å². The van der Waals surface area contributed by atoms with Crippen molar-refractivity contribution >= 4 is 23.4 Å². The predicted octanol–water partition coefficient (Wildman–Crippen LogP) is 1.97. The molecule has 1 fully saturated rings. The van der Waals surface area contributed by atoms with Crippen molar-refractivity contribution < 1.29 is 29.2 Å². The fourth-order valence-corrected chi connectivity index (χ4v) is 4.27. The normalized spacial score (nSPS) is 16.8. The number of non-ortho nitro benzene ring substituents is 1. The Morgan fingerprint density at radius 1 is 1.13 bits per heavy atom. The fraction of sp³-hybridized carbons (Fsp3) is 0.444. The second-order valence-electron chi connectivity index (χ2n) is 10.3. The van der Waals surface area contributed by atoms with Gasteiger partial charge < -0.3 is 25.4 Å². The van der Waals surface area contributed by atoms with Crippen LogP contribution in [0.15, 0.2) is 54.6 Å². The van der Waals surface area contributed by atoms with Crippen molar-refractivity contribution in [1.29, 1.82) is 0 Å². The minimum Gasteiger partial charge on any atom is -0.484 e. The Kier molecular flexibility index (Phi) is 9.40. The number of hydrogen-bond donors (Lipinski definition) is 3. The zero-order valence-electron chi connectivity index (χ0n) is 21.8. The van der Waals surface area contributed by atoms with E-state index in [1.54, 1.807) is 0 Å². The average Bonchev–Trinajstić information content (AvgIpc) is 3.36. The maximum absolute atomic E-state index is 13.4. The highest BCUT2D eigenvalue weighted by molar-refractivity contribution is 5.91. The summed E-state index contributed by atoms with van der Waals surface area (Å²) >= 11 is 0. The van der Waals surface area contributed by atoms with Crippen molar-refractivity contribution in [3.05, 3.63) is 70.3 Å². The highest BCUT2D eigenvalue weighted by atomic mass is 16.6. The van der Waals surface area contributed by atoms with E-state index in [2.05, 4.69) is 10.6 Å². The van der Waals surface area contributed by atoms with Gasteiger partial charge in [-0.05, 0) is 57.7 Å². The van der Waals surface area contributed by atoms with Crippen molar-refractivity contribution in [2.75, 3.05) is 13.2 Å². The van der Waals surface area contributed by atoms with Crippen LogP contribution in [-0.4, -0.2) is 69.5 Å². The molecule has 3 rings (SSSR count). The van der Waals surface area contributed by atoms with Gasteiger partial charge in [-0.1, -0.05) is 30.3 Å². The molecule has 1 heterocycles. The molecule has 11 heteroatoms. The number of nitrogens with one attached hydrogen (secondary N) is 2. The van der Waals surface area contributed by atoms with Gasteiger partial charge >= 0.3 is 0 Å². The maximum Gasteiger partial charge on any atom is 0.269 e. The Labute approximate surface area is 221 Å². The van der Waals surface area contributed by atoms with Crippen LogP contribution in [0.4, 0.5) is 5.69 Å². The molecule has 3 amide bonds. The zero-order valence-corrected chi connectivity index (χ0v) is 21.8. The van der Waals surface area contributed by atoms with Gasteiger partial charge in [-0.15, -0.1) is 0 Å². The summed E-state index contributed by atoms with van der Waals surface area (Å²) in [6, 6.07) is 12.7. The van der Waals surface area contributed by atoms with E-state index < -0.39 is 47.1 Å². The van der Waals surface area contributed by atoms with Gasteiger partial charge in [-0.3, -0.25) is 24.5 Å². The molecule has 3 atom stereocenters. The molecule has 0 saturated carbocycles. The van der Waals surface area contributed by atoms with Gasteiger partial charge in [-0.2, -0.15) is 0 Å². The average molecular weight is 527 g/mol. The molecule has 2 aromatic rings. The predicted molar refractivity (Wildman–Crippen MR) is 139 cm³/mol. The third-order valence-electron chi connectivity index (χ3n) is 6.03. The van der Waals surface area contributed by atoms with Crippen LogP contribution in [0.25, 0.3) is 0 Å². The molecule has 11 nitrogen and oxygen atoms in total. The number of carbonyl (C=O) groups excluding carboxylic acids is 3. The number of benzene rings is 2. The summed E-state index contributed by atoms with van der Waals surface area (Å²) in [6.45, 7) is 5.46. The number of aliphatic hydroxyl groups excluding tert-OH is 1. The number of aliphatic hydroxyl groups is 1. The van der Waals surface area contributed by atoms with Gasteiger partial charge in [0.2, 0.25) is 5.91 Å². The van der Waals surface area contributed by atoms with E-state index >= 15 is 0 Å². The molecule has 0 aromatic heterocycles. The molecule has 0 unspecified atom stereocenters. The maximum atomic E-state index is 13.4. The van der Waals surface area contributed by atoms with E-state index in [0.717, 1.165) is 5.56 Å². The Bertz CT molecular complexity index is 1130. The number of likely N-dealkylation sites (tertiary alicyclic amines) is 1. The first kappa shape index (κ1) is 28.6. The molecule has 38 heavy (non-hydrogen) atoms. The molecular formula is C27H34N4O7. The molecule has 1 aliphatic heterocycles. The number of hydrogen-bond acceptors (Lipinski definition) is 7. The number of nitrogens with zero attached hydrogens (tertiary/aromatic N) is 2.